The molecule has 0 aromatic rings. The van der Waals surface area contributed by atoms with Crippen LogP contribution in [0.4, 0.5) is 0 Å². The molecule has 4 heavy (non-hydrogen) atoms. The quantitative estimate of drug-likeness (QED) is 0.352. The highest BCUT2D eigenvalue weighted by Gasteiger charge is 1.69. The molecule has 25 valence electrons. The molecule has 0 aromatic carbocycles. The van der Waals surface area contributed by atoms with Crippen LogP contribution in [0.2, 0.25) is 0 Å². The summed E-state index contributed by atoms with van der Waals surface area (Å²) in [5.41, 5.74) is 1.56. The monoisotopic (exact) mass is 73.0 g/mol. The van der Waals surface area contributed by atoms with Crippen molar-refractivity contribution in [1.29, 1.82) is 0 Å². The number of hydrogen-bond donors (Lipinski definition) is 0. The van der Waals surface area contributed by atoms with E-state index in [2.05, 4.69) is 13.8 Å². The van der Waals surface area contributed by atoms with Crippen molar-refractivity contribution in [3.05, 3.63) is 5.54 Å². The van der Waals surface area contributed by atoms with Crippen molar-refractivity contribution in [1.82, 2.24) is 0 Å². The summed E-state index contributed by atoms with van der Waals surface area (Å²) in [5.74, 6) is 0. The van der Waals surface area contributed by atoms with Crippen LogP contribution in [0.1, 0.15) is 13.8 Å². The van der Waals surface area contributed by atoms with E-state index in [4.69, 9.17) is 0 Å². The van der Waals surface area contributed by atoms with Gasteiger partial charge < -0.3 is 0 Å². The summed E-state index contributed by atoms with van der Waals surface area (Å²) in [6.07, 6.45) is 0. The van der Waals surface area contributed by atoms with Crippen LogP contribution in [0.3, 0.4) is 0 Å². The molecular weight excluding hydrogens is 64.1 g/mol. The molecule has 1 heteroatoms. The van der Waals surface area contributed by atoms with Crippen LogP contribution >= 0.6 is 0 Å². The maximum absolute atomic E-state index is 2.15. The average Bonchev–Trinajstić information content (AvgIpc) is 0.811. The van der Waals surface area contributed by atoms with Crippen LogP contribution in [-0.4, -0.2) is 10.2 Å². The molecule has 0 heterocycles. The second-order valence-corrected chi connectivity index (χ2v) is 3.50. The molecule has 0 rings (SSSR count). The van der Waals surface area contributed by atoms with Gasteiger partial charge in [0.1, 0.15) is 0 Å². The minimum absolute atomic E-state index is 1.27. The third kappa shape index (κ3) is 69.8. The predicted octanol–water partition coefficient (Wildman–Crippen LogP) is -0.0764. The summed E-state index contributed by atoms with van der Waals surface area (Å²) < 4.78 is 0. The van der Waals surface area contributed by atoms with E-state index in [9.17, 15) is 0 Å². The van der Waals surface area contributed by atoms with Gasteiger partial charge in [-0.3, -0.25) is 0 Å². The Hall–Kier alpha value is 0.217. The van der Waals surface area contributed by atoms with Crippen LogP contribution in [-0.2, 0) is 0 Å². The number of rotatable bonds is 0. The van der Waals surface area contributed by atoms with Gasteiger partial charge in [0, 0.05) is 10.2 Å². The van der Waals surface area contributed by atoms with Gasteiger partial charge in [0.15, 0.2) is 0 Å². The summed E-state index contributed by atoms with van der Waals surface area (Å²) in [6, 6.07) is 0. The van der Waals surface area contributed by atoms with E-state index in [-0.39, 0.29) is 0 Å². The fraction of sp³-hybridized carbons (Fsp3) is 0.667. The minimum atomic E-state index is 1.27. The molecule has 0 amide bonds. The van der Waals surface area contributed by atoms with Crippen LogP contribution in [0.15, 0.2) is 0 Å². The van der Waals surface area contributed by atoms with E-state index in [0.717, 1.165) is 0 Å². The van der Waals surface area contributed by atoms with E-state index < -0.39 is 0 Å². The van der Waals surface area contributed by atoms with Gasteiger partial charge in [-0.2, -0.15) is 0 Å². The van der Waals surface area contributed by atoms with Gasteiger partial charge in [0.25, 0.3) is 0 Å². The van der Waals surface area contributed by atoms with Crippen molar-refractivity contribution in [3.8, 4) is 0 Å². The first-order valence-corrected chi connectivity index (χ1v) is 2.50. The molecule has 0 saturated heterocycles. The van der Waals surface area contributed by atoms with Gasteiger partial charge in [0.2, 0.25) is 0 Å². The molecule has 0 aliphatic heterocycles. The van der Waals surface area contributed by atoms with Crippen molar-refractivity contribution in [2.75, 3.05) is 0 Å². The zero-order valence-electron chi connectivity index (χ0n) is 3.50. The van der Waals surface area contributed by atoms with Crippen LogP contribution in [0, 0.1) is 5.54 Å². The smallest absolute Gasteiger partial charge is 0.0102 e. The predicted molar refractivity (Wildman–Crippen MR) is 24.5 cm³/mol. The van der Waals surface area contributed by atoms with Crippen LogP contribution < -0.4 is 0 Å². The summed E-state index contributed by atoms with van der Waals surface area (Å²) in [4.78, 5) is 0. The molecule has 0 spiro atoms. The lowest BCUT2D eigenvalue weighted by Gasteiger charge is -1.77. The van der Waals surface area contributed by atoms with Crippen LogP contribution in [0.25, 0.3) is 0 Å². The standard InChI is InChI=1S/C3H9Si/c1-3(2)4/h1-2,4H3. The summed E-state index contributed by atoms with van der Waals surface area (Å²) in [5, 5.41) is 0. The van der Waals surface area contributed by atoms with Gasteiger partial charge in [-0.1, -0.05) is 13.8 Å². The van der Waals surface area contributed by atoms with Crippen molar-refractivity contribution in [3.63, 3.8) is 0 Å². The second-order valence-electron chi connectivity index (χ2n) is 1.50. The first-order chi connectivity index (χ1) is 1.73. The molecule has 0 saturated carbocycles. The van der Waals surface area contributed by atoms with Gasteiger partial charge >= 0.3 is 0 Å². The summed E-state index contributed by atoms with van der Waals surface area (Å²) in [6.45, 7) is 4.29. The zero-order valence-corrected chi connectivity index (χ0v) is 5.50. The Morgan fingerprint density at radius 3 is 1.50 bits per heavy atom. The summed E-state index contributed by atoms with van der Waals surface area (Å²) in [7, 11) is 1.27. The Balaban J connectivity index is 2.32. The van der Waals surface area contributed by atoms with Crippen LogP contribution in [0.5, 0.6) is 0 Å². The third-order valence-corrected chi connectivity index (χ3v) is 0. The Bertz CT molecular complexity index is 8.00. The Morgan fingerprint density at radius 2 is 1.50 bits per heavy atom. The highest BCUT2D eigenvalue weighted by Crippen LogP contribution is 1.77. The molecule has 0 N–H and O–H groups in total. The van der Waals surface area contributed by atoms with Crippen molar-refractivity contribution >= 4 is 10.2 Å². The highest BCUT2D eigenvalue weighted by molar-refractivity contribution is 6.17. The molecular formula is C3H9Si. The van der Waals surface area contributed by atoms with E-state index in [1.54, 1.807) is 5.54 Å². The van der Waals surface area contributed by atoms with Gasteiger partial charge in [-0.15, -0.1) is 0 Å². The maximum atomic E-state index is 2.15. The molecule has 0 aromatic heterocycles. The first-order valence-electron chi connectivity index (χ1n) is 1.50. The van der Waals surface area contributed by atoms with E-state index in [0.29, 0.717) is 0 Å². The molecule has 0 fully saturated rings. The Kier molecular flexibility index (Phi) is 1.61. The molecule has 0 aliphatic carbocycles. The SMILES string of the molecule is C[C](C)[SiH3]. The zero-order chi connectivity index (χ0) is 3.58. The largest absolute Gasteiger partial charge is 0.0630 e. The fourth-order valence-electron chi connectivity index (χ4n) is 0. The normalized spacial score (nSPS) is 9.75. The lowest BCUT2D eigenvalue weighted by molar-refractivity contribution is 1.32. The topological polar surface area (TPSA) is 0 Å². The van der Waals surface area contributed by atoms with E-state index in [1.807, 2.05) is 0 Å². The Labute approximate surface area is 30.6 Å². The summed E-state index contributed by atoms with van der Waals surface area (Å²) >= 11 is 0. The molecule has 0 unspecified atom stereocenters. The van der Waals surface area contributed by atoms with E-state index in [1.165, 1.54) is 10.2 Å². The molecule has 0 bridgehead atoms. The second kappa shape index (κ2) is 1.53. The highest BCUT2D eigenvalue weighted by atomic mass is 28.1. The van der Waals surface area contributed by atoms with Gasteiger partial charge in [-0.25, -0.2) is 0 Å². The lowest BCUT2D eigenvalue weighted by Crippen LogP contribution is -1.73. The minimum Gasteiger partial charge on any atom is -0.0630 e. The van der Waals surface area contributed by atoms with Gasteiger partial charge in [-0.05, 0) is 5.54 Å². The lowest BCUT2D eigenvalue weighted by atomic mass is 10.6. The van der Waals surface area contributed by atoms with Gasteiger partial charge in [0.05, 0.1) is 0 Å². The van der Waals surface area contributed by atoms with E-state index >= 15 is 0 Å². The van der Waals surface area contributed by atoms with Crippen molar-refractivity contribution in [2.24, 2.45) is 0 Å². The maximum Gasteiger partial charge on any atom is 0.0102 e. The number of hydrogen-bond acceptors (Lipinski definition) is 0. The molecule has 0 nitrogen and oxygen atoms in total. The molecule has 1 radical (unpaired) electrons. The molecule has 0 atom stereocenters. The Morgan fingerprint density at radius 1 is 1.50 bits per heavy atom. The van der Waals surface area contributed by atoms with Crippen molar-refractivity contribution in [2.45, 2.75) is 13.8 Å². The average molecular weight is 73.2 g/mol. The third-order valence-electron chi connectivity index (χ3n) is 0. The molecule has 0 aliphatic rings. The fourth-order valence-corrected chi connectivity index (χ4v) is 0. The van der Waals surface area contributed by atoms with Crippen molar-refractivity contribution < 1.29 is 0 Å². The first kappa shape index (κ1) is 4.22.